The summed E-state index contributed by atoms with van der Waals surface area (Å²) >= 11 is 5.94. The summed E-state index contributed by atoms with van der Waals surface area (Å²) < 4.78 is 28.1. The van der Waals surface area contributed by atoms with E-state index >= 15 is 0 Å². The van der Waals surface area contributed by atoms with Crippen molar-refractivity contribution in [2.45, 2.75) is 74.8 Å². The molecule has 0 aromatic heterocycles. The van der Waals surface area contributed by atoms with E-state index in [0.29, 0.717) is 24.5 Å². The fourth-order valence-corrected chi connectivity index (χ4v) is 9.09. The van der Waals surface area contributed by atoms with Crippen LogP contribution in [0.2, 0.25) is 5.02 Å². The van der Waals surface area contributed by atoms with Gasteiger partial charge in [0.1, 0.15) is 6.04 Å². The number of hydrogen-bond donors (Lipinski definition) is 0. The summed E-state index contributed by atoms with van der Waals surface area (Å²) in [5.74, 6) is 2.26. The van der Waals surface area contributed by atoms with Gasteiger partial charge in [-0.15, -0.1) is 0 Å². The molecule has 7 heteroatoms. The van der Waals surface area contributed by atoms with Crippen LogP contribution in [0.15, 0.2) is 29.2 Å². The molecule has 4 saturated carbocycles. The van der Waals surface area contributed by atoms with Crippen LogP contribution < -0.4 is 0 Å². The third-order valence-electron chi connectivity index (χ3n) is 8.07. The molecule has 1 atom stereocenters. The Labute approximate surface area is 184 Å². The minimum absolute atomic E-state index is 0.0227. The third kappa shape index (κ3) is 3.30. The van der Waals surface area contributed by atoms with Crippen LogP contribution in [0.4, 0.5) is 0 Å². The SMILES string of the molecule is CCN(C(=O)[C@@H]1CCCN1S(=O)(=O)c1ccc(Cl)cc1)C12CC3CC(CC(C3)C1)C2. The number of carbonyl (C=O) groups is 1. The van der Waals surface area contributed by atoms with Gasteiger partial charge < -0.3 is 4.90 Å². The molecule has 1 saturated heterocycles. The van der Waals surface area contributed by atoms with E-state index in [-0.39, 0.29) is 16.3 Å². The Bertz CT molecular complexity index is 895. The molecule has 0 spiro atoms. The van der Waals surface area contributed by atoms with Gasteiger partial charge >= 0.3 is 0 Å². The van der Waals surface area contributed by atoms with E-state index in [1.54, 1.807) is 12.1 Å². The van der Waals surface area contributed by atoms with Gasteiger partial charge in [0, 0.05) is 23.7 Å². The highest BCUT2D eigenvalue weighted by molar-refractivity contribution is 7.89. The van der Waals surface area contributed by atoms with E-state index in [4.69, 9.17) is 11.6 Å². The first-order valence-electron chi connectivity index (χ1n) is 11.4. The first-order chi connectivity index (χ1) is 14.3. The maximum absolute atomic E-state index is 13.8. The molecule has 0 radical (unpaired) electrons. The zero-order valence-corrected chi connectivity index (χ0v) is 19.2. The zero-order chi connectivity index (χ0) is 21.1. The quantitative estimate of drug-likeness (QED) is 0.671. The molecular formula is C23H31ClN2O3S. The van der Waals surface area contributed by atoms with Gasteiger partial charge in [-0.05, 0) is 100 Å². The van der Waals surface area contributed by atoms with E-state index in [2.05, 4.69) is 11.8 Å². The molecule has 1 amide bonds. The lowest BCUT2D eigenvalue weighted by Crippen LogP contribution is -2.64. The minimum Gasteiger partial charge on any atom is -0.336 e. The van der Waals surface area contributed by atoms with Crippen molar-refractivity contribution >= 4 is 27.5 Å². The lowest BCUT2D eigenvalue weighted by molar-refractivity contribution is -0.153. The highest BCUT2D eigenvalue weighted by Gasteiger charge is 2.55. The summed E-state index contributed by atoms with van der Waals surface area (Å²) in [7, 11) is -3.72. The van der Waals surface area contributed by atoms with E-state index in [1.807, 2.05) is 0 Å². The van der Waals surface area contributed by atoms with Crippen LogP contribution in [0.3, 0.4) is 0 Å². The molecule has 5 aliphatic rings. The second kappa shape index (κ2) is 7.49. The van der Waals surface area contributed by atoms with Crippen molar-refractivity contribution in [3.63, 3.8) is 0 Å². The molecule has 0 N–H and O–H groups in total. The summed E-state index contributed by atoms with van der Waals surface area (Å²) in [6.45, 7) is 3.12. The summed E-state index contributed by atoms with van der Waals surface area (Å²) in [6, 6.07) is 5.67. The molecule has 1 aromatic rings. The van der Waals surface area contributed by atoms with E-state index in [1.165, 1.54) is 35.7 Å². The number of carbonyl (C=O) groups excluding carboxylic acids is 1. The predicted molar refractivity (Wildman–Crippen MR) is 117 cm³/mol. The lowest BCUT2D eigenvalue weighted by Gasteiger charge is -2.60. The molecule has 5 nitrogen and oxygen atoms in total. The van der Waals surface area contributed by atoms with Crippen LogP contribution >= 0.6 is 11.6 Å². The molecule has 4 bridgehead atoms. The van der Waals surface area contributed by atoms with Crippen LogP contribution in [-0.4, -0.2) is 48.2 Å². The minimum atomic E-state index is -3.72. The fourth-order valence-electron chi connectivity index (χ4n) is 7.32. The normalized spacial score (nSPS) is 35.7. The monoisotopic (exact) mass is 450 g/mol. The van der Waals surface area contributed by atoms with Crippen LogP contribution in [0.5, 0.6) is 0 Å². The second-order valence-corrected chi connectivity index (χ2v) is 12.3. The fraction of sp³-hybridized carbons (Fsp3) is 0.696. The number of benzene rings is 1. The van der Waals surface area contributed by atoms with E-state index < -0.39 is 16.1 Å². The van der Waals surface area contributed by atoms with Crippen molar-refractivity contribution in [2.24, 2.45) is 17.8 Å². The van der Waals surface area contributed by atoms with E-state index in [9.17, 15) is 13.2 Å². The van der Waals surface area contributed by atoms with Gasteiger partial charge in [0.05, 0.1) is 4.90 Å². The Morgan fingerprint density at radius 2 is 1.67 bits per heavy atom. The molecule has 5 fully saturated rings. The molecule has 1 heterocycles. The number of sulfonamides is 1. The van der Waals surface area contributed by atoms with Gasteiger partial charge in [-0.3, -0.25) is 4.79 Å². The zero-order valence-electron chi connectivity index (χ0n) is 17.6. The Hall–Kier alpha value is -1.11. The smallest absolute Gasteiger partial charge is 0.243 e. The van der Waals surface area contributed by atoms with E-state index in [0.717, 1.165) is 43.4 Å². The van der Waals surface area contributed by atoms with Gasteiger partial charge in [0.2, 0.25) is 15.9 Å². The maximum atomic E-state index is 13.8. The Kier molecular flexibility index (Phi) is 5.19. The number of halogens is 1. The number of hydrogen-bond acceptors (Lipinski definition) is 3. The van der Waals surface area contributed by atoms with Gasteiger partial charge in [-0.25, -0.2) is 8.42 Å². The average Bonchev–Trinajstić information content (AvgIpc) is 3.18. The molecule has 6 rings (SSSR count). The van der Waals surface area contributed by atoms with Crippen LogP contribution in [-0.2, 0) is 14.8 Å². The molecular weight excluding hydrogens is 420 g/mol. The van der Waals surface area contributed by atoms with Crippen molar-refractivity contribution < 1.29 is 13.2 Å². The molecule has 1 aliphatic heterocycles. The molecule has 30 heavy (non-hydrogen) atoms. The summed E-state index contributed by atoms with van der Waals surface area (Å²) in [6.07, 6.45) is 8.62. The second-order valence-electron chi connectivity index (χ2n) is 9.95. The van der Waals surface area contributed by atoms with Crippen molar-refractivity contribution in [3.8, 4) is 0 Å². The van der Waals surface area contributed by atoms with Gasteiger partial charge in [0.25, 0.3) is 0 Å². The number of rotatable bonds is 5. The maximum Gasteiger partial charge on any atom is 0.243 e. The van der Waals surface area contributed by atoms with Crippen molar-refractivity contribution in [2.75, 3.05) is 13.1 Å². The van der Waals surface area contributed by atoms with Crippen molar-refractivity contribution in [3.05, 3.63) is 29.3 Å². The molecule has 164 valence electrons. The highest BCUT2D eigenvalue weighted by atomic mass is 35.5. The number of nitrogens with zero attached hydrogens (tertiary/aromatic N) is 2. The molecule has 0 unspecified atom stereocenters. The van der Waals surface area contributed by atoms with Crippen LogP contribution in [0.25, 0.3) is 0 Å². The van der Waals surface area contributed by atoms with Gasteiger partial charge in [0.15, 0.2) is 0 Å². The first kappa shape index (κ1) is 20.8. The Balaban J connectivity index is 1.42. The van der Waals surface area contributed by atoms with Crippen molar-refractivity contribution in [1.82, 2.24) is 9.21 Å². The first-order valence-corrected chi connectivity index (χ1v) is 13.2. The topological polar surface area (TPSA) is 57.7 Å². The van der Waals surface area contributed by atoms with Gasteiger partial charge in [-0.1, -0.05) is 11.6 Å². The molecule has 1 aromatic carbocycles. The summed E-state index contributed by atoms with van der Waals surface area (Å²) in [4.78, 5) is 16.1. The average molecular weight is 451 g/mol. The lowest BCUT2D eigenvalue weighted by atomic mass is 9.52. The third-order valence-corrected chi connectivity index (χ3v) is 10.2. The molecule has 4 aliphatic carbocycles. The van der Waals surface area contributed by atoms with Gasteiger partial charge in [-0.2, -0.15) is 4.31 Å². The number of amides is 1. The van der Waals surface area contributed by atoms with Crippen LogP contribution in [0.1, 0.15) is 58.3 Å². The predicted octanol–water partition coefficient (Wildman–Crippen LogP) is 4.31. The van der Waals surface area contributed by atoms with Crippen molar-refractivity contribution in [1.29, 1.82) is 0 Å². The largest absolute Gasteiger partial charge is 0.336 e. The Morgan fingerprint density at radius 3 is 2.20 bits per heavy atom. The van der Waals surface area contributed by atoms with Crippen LogP contribution in [0, 0.1) is 17.8 Å². The standard InChI is InChI=1S/C23H31ClN2O3S/c1-2-25(23-13-16-10-17(14-23)12-18(11-16)15-23)22(27)21-4-3-9-26(21)30(28,29)20-7-5-19(24)6-8-20/h5-8,16-18,21H,2-4,9-15H2,1H3/t16?,17?,18?,21-,23?/m0/s1. The highest BCUT2D eigenvalue weighted by Crippen LogP contribution is 2.58. The number of likely N-dealkylation sites (N-methyl/N-ethyl adjacent to an activating group) is 1. The Morgan fingerprint density at radius 1 is 1.10 bits per heavy atom. The summed E-state index contributed by atoms with van der Waals surface area (Å²) in [5.41, 5.74) is -0.0428. The summed E-state index contributed by atoms with van der Waals surface area (Å²) in [5, 5.41) is 0.502.